The van der Waals surface area contributed by atoms with Gasteiger partial charge in [0, 0.05) is 12.6 Å². The lowest BCUT2D eigenvalue weighted by Gasteiger charge is -2.13. The first-order chi connectivity index (χ1) is 5.85. The van der Waals surface area contributed by atoms with E-state index in [0.29, 0.717) is 12.6 Å². The second kappa shape index (κ2) is 9.01. The van der Waals surface area contributed by atoms with Crippen LogP contribution in [0.1, 0.15) is 46.0 Å². The first kappa shape index (κ1) is 11.9. The minimum Gasteiger partial charge on any atom is -0.396 e. The predicted octanol–water partition coefficient (Wildman–Crippen LogP) is 1.93. The van der Waals surface area contributed by atoms with Crippen LogP contribution in [-0.2, 0) is 0 Å². The van der Waals surface area contributed by atoms with Gasteiger partial charge in [-0.25, -0.2) is 0 Å². The van der Waals surface area contributed by atoms with Crippen LogP contribution in [0.5, 0.6) is 0 Å². The summed E-state index contributed by atoms with van der Waals surface area (Å²) in [6.07, 6.45) is 5.72. The maximum Gasteiger partial charge on any atom is 0.0431 e. The first-order valence-corrected chi connectivity index (χ1v) is 5.19. The molecule has 2 nitrogen and oxygen atoms in total. The molecule has 0 aliphatic heterocycles. The topological polar surface area (TPSA) is 32.3 Å². The SMILES string of the molecule is CCC(CC)NCCCCCO. The minimum atomic E-state index is 0.338. The van der Waals surface area contributed by atoms with Crippen LogP contribution in [0.2, 0.25) is 0 Å². The number of rotatable bonds is 8. The smallest absolute Gasteiger partial charge is 0.0431 e. The standard InChI is InChI=1S/C10H23NO/c1-3-10(4-2)11-8-6-5-7-9-12/h10-12H,3-9H2,1-2H3. The Bertz CT molecular complexity index is 81.9. The van der Waals surface area contributed by atoms with Gasteiger partial charge in [-0.15, -0.1) is 0 Å². The minimum absolute atomic E-state index is 0.338. The highest BCUT2D eigenvalue weighted by atomic mass is 16.2. The second-order valence-corrected chi connectivity index (χ2v) is 3.25. The highest BCUT2D eigenvalue weighted by Gasteiger charge is 1.99. The van der Waals surface area contributed by atoms with Crippen molar-refractivity contribution >= 4 is 0 Å². The van der Waals surface area contributed by atoms with Gasteiger partial charge < -0.3 is 10.4 Å². The normalized spacial score (nSPS) is 11.0. The molecule has 12 heavy (non-hydrogen) atoms. The zero-order valence-corrected chi connectivity index (χ0v) is 8.47. The van der Waals surface area contributed by atoms with Crippen LogP contribution in [0.3, 0.4) is 0 Å². The highest BCUT2D eigenvalue weighted by molar-refractivity contribution is 4.61. The summed E-state index contributed by atoms with van der Waals surface area (Å²) in [5.74, 6) is 0. The van der Waals surface area contributed by atoms with Crippen LogP contribution in [0.4, 0.5) is 0 Å². The van der Waals surface area contributed by atoms with Gasteiger partial charge in [0.25, 0.3) is 0 Å². The fraction of sp³-hybridized carbons (Fsp3) is 1.00. The third-order valence-electron chi connectivity index (χ3n) is 2.25. The molecule has 0 saturated heterocycles. The number of hydrogen-bond acceptors (Lipinski definition) is 2. The zero-order chi connectivity index (χ0) is 9.23. The molecule has 0 amide bonds. The zero-order valence-electron chi connectivity index (χ0n) is 8.47. The summed E-state index contributed by atoms with van der Waals surface area (Å²) in [4.78, 5) is 0. The summed E-state index contributed by atoms with van der Waals surface area (Å²) >= 11 is 0. The fourth-order valence-corrected chi connectivity index (χ4v) is 1.30. The third kappa shape index (κ3) is 6.62. The molecule has 0 aromatic rings. The summed E-state index contributed by atoms with van der Waals surface area (Å²) in [5.41, 5.74) is 0. The van der Waals surface area contributed by atoms with Crippen molar-refractivity contribution in [1.29, 1.82) is 0 Å². The number of nitrogens with one attached hydrogen (secondary N) is 1. The van der Waals surface area contributed by atoms with E-state index in [4.69, 9.17) is 5.11 Å². The molecule has 0 spiro atoms. The molecule has 0 radical (unpaired) electrons. The van der Waals surface area contributed by atoms with Crippen molar-refractivity contribution < 1.29 is 5.11 Å². The van der Waals surface area contributed by atoms with Crippen LogP contribution in [-0.4, -0.2) is 24.3 Å². The Morgan fingerprint density at radius 3 is 2.25 bits per heavy atom. The maximum absolute atomic E-state index is 8.55. The molecule has 0 aliphatic carbocycles. The van der Waals surface area contributed by atoms with Crippen molar-refractivity contribution in [3.8, 4) is 0 Å². The van der Waals surface area contributed by atoms with Gasteiger partial charge in [0.15, 0.2) is 0 Å². The molecule has 0 aromatic heterocycles. The molecule has 0 aromatic carbocycles. The van der Waals surface area contributed by atoms with Crippen LogP contribution in [0.15, 0.2) is 0 Å². The van der Waals surface area contributed by atoms with Crippen molar-refractivity contribution in [2.75, 3.05) is 13.2 Å². The highest BCUT2D eigenvalue weighted by Crippen LogP contribution is 1.97. The van der Waals surface area contributed by atoms with Crippen LogP contribution in [0, 0.1) is 0 Å². The Hall–Kier alpha value is -0.0800. The molecular weight excluding hydrogens is 150 g/mol. The lowest BCUT2D eigenvalue weighted by Crippen LogP contribution is -2.28. The molecule has 0 saturated carbocycles. The van der Waals surface area contributed by atoms with Crippen molar-refractivity contribution in [3.63, 3.8) is 0 Å². The maximum atomic E-state index is 8.55. The van der Waals surface area contributed by atoms with Crippen LogP contribution in [0.25, 0.3) is 0 Å². The molecule has 0 rings (SSSR count). The third-order valence-corrected chi connectivity index (χ3v) is 2.25. The number of aliphatic hydroxyl groups excluding tert-OH is 1. The molecule has 2 N–H and O–H groups in total. The molecule has 0 bridgehead atoms. The van der Waals surface area contributed by atoms with Gasteiger partial charge >= 0.3 is 0 Å². The number of unbranched alkanes of at least 4 members (excludes halogenated alkanes) is 2. The van der Waals surface area contributed by atoms with E-state index >= 15 is 0 Å². The summed E-state index contributed by atoms with van der Waals surface area (Å²) < 4.78 is 0. The van der Waals surface area contributed by atoms with Gasteiger partial charge in [-0.05, 0) is 38.6 Å². The predicted molar refractivity (Wildman–Crippen MR) is 53.3 cm³/mol. The van der Waals surface area contributed by atoms with E-state index in [1.807, 2.05) is 0 Å². The lowest BCUT2D eigenvalue weighted by atomic mass is 10.1. The van der Waals surface area contributed by atoms with E-state index in [-0.39, 0.29) is 0 Å². The van der Waals surface area contributed by atoms with Gasteiger partial charge in [0.05, 0.1) is 0 Å². The first-order valence-electron chi connectivity index (χ1n) is 5.19. The molecular formula is C10H23NO. The van der Waals surface area contributed by atoms with Crippen LogP contribution < -0.4 is 5.32 Å². The second-order valence-electron chi connectivity index (χ2n) is 3.25. The summed E-state index contributed by atoms with van der Waals surface area (Å²) in [6, 6.07) is 0.694. The van der Waals surface area contributed by atoms with Crippen molar-refractivity contribution in [1.82, 2.24) is 5.32 Å². The fourth-order valence-electron chi connectivity index (χ4n) is 1.30. The monoisotopic (exact) mass is 173 g/mol. The molecule has 0 heterocycles. The van der Waals surface area contributed by atoms with Gasteiger partial charge in [-0.3, -0.25) is 0 Å². The summed E-state index contributed by atoms with van der Waals surface area (Å²) in [7, 11) is 0. The Balaban J connectivity index is 3.06. The molecule has 0 aliphatic rings. The van der Waals surface area contributed by atoms with E-state index in [2.05, 4.69) is 19.2 Å². The number of hydrogen-bond donors (Lipinski definition) is 2. The molecule has 0 atom stereocenters. The van der Waals surface area contributed by atoms with Crippen LogP contribution >= 0.6 is 0 Å². The Kier molecular flexibility index (Phi) is 8.95. The summed E-state index contributed by atoms with van der Waals surface area (Å²) in [6.45, 7) is 5.88. The van der Waals surface area contributed by atoms with E-state index in [0.717, 1.165) is 19.4 Å². The van der Waals surface area contributed by atoms with E-state index in [1.54, 1.807) is 0 Å². The van der Waals surface area contributed by atoms with Crippen molar-refractivity contribution in [2.45, 2.75) is 52.0 Å². The lowest BCUT2D eigenvalue weighted by molar-refractivity contribution is 0.282. The number of aliphatic hydroxyl groups is 1. The van der Waals surface area contributed by atoms with Crippen molar-refractivity contribution in [2.24, 2.45) is 0 Å². The largest absolute Gasteiger partial charge is 0.396 e. The quantitative estimate of drug-likeness (QED) is 0.550. The van der Waals surface area contributed by atoms with E-state index < -0.39 is 0 Å². The summed E-state index contributed by atoms with van der Waals surface area (Å²) in [5, 5.41) is 12.0. The average Bonchev–Trinajstić information content (AvgIpc) is 2.11. The molecule has 0 fully saturated rings. The molecule has 74 valence electrons. The molecule has 2 heteroatoms. The Morgan fingerprint density at radius 2 is 1.75 bits per heavy atom. The van der Waals surface area contributed by atoms with E-state index in [1.165, 1.54) is 19.3 Å². The van der Waals surface area contributed by atoms with Gasteiger partial charge in [-0.1, -0.05) is 13.8 Å². The van der Waals surface area contributed by atoms with Crippen molar-refractivity contribution in [3.05, 3.63) is 0 Å². The van der Waals surface area contributed by atoms with Gasteiger partial charge in [0.2, 0.25) is 0 Å². The Morgan fingerprint density at radius 1 is 1.08 bits per heavy atom. The molecule has 0 unspecified atom stereocenters. The van der Waals surface area contributed by atoms with Gasteiger partial charge in [0.1, 0.15) is 0 Å². The van der Waals surface area contributed by atoms with Gasteiger partial charge in [-0.2, -0.15) is 0 Å². The average molecular weight is 173 g/mol. The van der Waals surface area contributed by atoms with E-state index in [9.17, 15) is 0 Å². The Labute approximate surface area is 76.4 Å².